The first kappa shape index (κ1) is 39.7. The van der Waals surface area contributed by atoms with Crippen LogP contribution in [0.2, 0.25) is 0 Å². The molecular weight excluding hydrogens is 767 g/mol. The molecule has 0 aliphatic heterocycles. The molecule has 0 unspecified atom stereocenters. The summed E-state index contributed by atoms with van der Waals surface area (Å²) in [4.78, 5) is 3.16. The Morgan fingerprint density at radius 3 is 1.68 bits per heavy atom. The van der Waals surface area contributed by atoms with Gasteiger partial charge in [0.1, 0.15) is 11.2 Å². The van der Waals surface area contributed by atoms with Gasteiger partial charge in [0.25, 0.3) is 0 Å². The average Bonchev–Trinajstić information content (AvgIpc) is 3.76. The van der Waals surface area contributed by atoms with Gasteiger partial charge in [-0.15, -0.1) is 13.2 Å². The topological polar surface area (TPSA) is 42.0 Å². The molecule has 2 heterocycles. The Kier molecular flexibility index (Phi) is 9.44. The lowest BCUT2D eigenvalue weighted by Gasteiger charge is -2.27. The van der Waals surface area contributed by atoms with E-state index in [4.69, 9.17) is 8.83 Å². The number of alkyl halides is 6. The van der Waals surface area contributed by atoms with E-state index in [-0.39, 0.29) is 22.5 Å². The highest BCUT2D eigenvalue weighted by Crippen LogP contribution is 2.48. The normalized spacial score (nSPS) is 12.9. The molecule has 6 aromatic carbocycles. The maximum absolute atomic E-state index is 14.1. The number of fused-ring (bicyclic) bond motifs is 6. The highest BCUT2D eigenvalue weighted by molar-refractivity contribution is 6.13. The van der Waals surface area contributed by atoms with Gasteiger partial charge in [0, 0.05) is 46.8 Å². The largest absolute Gasteiger partial charge is 0.573 e. The molecule has 11 heteroatoms. The monoisotopic (exact) mass is 808 g/mol. The molecule has 0 saturated heterocycles. The minimum absolute atomic E-state index is 0.00457. The maximum Gasteiger partial charge on any atom is 0.573 e. The molecule has 0 N–H and O–H groups in total. The fraction of sp³-hybridized carbons (Fsp3) is 0.250. The summed E-state index contributed by atoms with van der Waals surface area (Å²) >= 11 is 0. The van der Waals surface area contributed by atoms with Gasteiger partial charge in [0.05, 0.1) is 28.3 Å². The van der Waals surface area contributed by atoms with Crippen LogP contribution in [0.15, 0.2) is 124 Å². The number of hydrogen-bond donors (Lipinski definition) is 0. The highest BCUT2D eigenvalue weighted by atomic mass is 19.4. The van der Waals surface area contributed by atoms with Gasteiger partial charge in [0.2, 0.25) is 0 Å². The van der Waals surface area contributed by atoms with E-state index in [1.165, 1.54) is 29.2 Å². The maximum atomic E-state index is 14.1. The number of ether oxygens (including phenoxy) is 1. The summed E-state index contributed by atoms with van der Waals surface area (Å²) in [5.74, 6) is -0.342. The first-order valence-corrected chi connectivity index (χ1v) is 19.2. The lowest BCUT2D eigenvalue weighted by atomic mass is 9.77. The third-order valence-corrected chi connectivity index (χ3v) is 11.1. The van der Waals surface area contributed by atoms with E-state index in [1.54, 1.807) is 43.3 Å². The average molecular weight is 809 g/mol. The van der Waals surface area contributed by atoms with Crippen molar-refractivity contribution in [2.24, 2.45) is 0 Å². The molecule has 0 aliphatic carbocycles. The Bertz CT molecular complexity index is 2880. The van der Waals surface area contributed by atoms with Gasteiger partial charge in [-0.2, -0.15) is 13.2 Å². The molecule has 8 rings (SSSR count). The fourth-order valence-electron chi connectivity index (χ4n) is 8.34. The van der Waals surface area contributed by atoms with Crippen molar-refractivity contribution in [3.05, 3.63) is 138 Å². The molecule has 0 saturated carbocycles. The molecule has 0 aliphatic rings. The second-order valence-electron chi connectivity index (χ2n) is 16.6. The summed E-state index contributed by atoms with van der Waals surface area (Å²) in [7, 11) is 3.29. The van der Waals surface area contributed by atoms with Gasteiger partial charge < -0.3 is 23.4 Å². The van der Waals surface area contributed by atoms with Crippen molar-refractivity contribution < 1.29 is 39.9 Å². The van der Waals surface area contributed by atoms with E-state index >= 15 is 0 Å². The lowest BCUT2D eigenvalue weighted by Crippen LogP contribution is -2.21. The van der Waals surface area contributed by atoms with E-state index in [9.17, 15) is 26.3 Å². The molecule has 0 atom stereocenters. The number of furan rings is 2. The Balaban J connectivity index is 1.27. The van der Waals surface area contributed by atoms with Crippen LogP contribution in [-0.4, -0.2) is 20.5 Å². The third-order valence-electron chi connectivity index (χ3n) is 11.1. The Morgan fingerprint density at radius 1 is 0.492 bits per heavy atom. The number of hydrogen-bond acceptors (Lipinski definition) is 5. The van der Waals surface area contributed by atoms with Crippen LogP contribution in [0.4, 0.5) is 49.1 Å². The summed E-state index contributed by atoms with van der Waals surface area (Å²) in [5, 5.41) is 3.31. The zero-order valence-corrected chi connectivity index (χ0v) is 33.6. The van der Waals surface area contributed by atoms with Crippen LogP contribution in [0.3, 0.4) is 0 Å². The molecule has 8 aromatic rings. The molecule has 59 heavy (non-hydrogen) atoms. The molecule has 0 fully saturated rings. The van der Waals surface area contributed by atoms with Gasteiger partial charge in [-0.3, -0.25) is 0 Å². The molecule has 0 amide bonds. The number of para-hydroxylation sites is 6. The second-order valence-corrected chi connectivity index (χ2v) is 16.6. The zero-order chi connectivity index (χ0) is 42.2. The number of halogens is 6. The summed E-state index contributed by atoms with van der Waals surface area (Å²) in [6.07, 6.45) is -8.94. The van der Waals surface area contributed by atoms with Crippen molar-refractivity contribution in [3.8, 4) is 5.75 Å². The van der Waals surface area contributed by atoms with Gasteiger partial charge in [-0.05, 0) is 59.2 Å². The van der Waals surface area contributed by atoms with E-state index in [0.717, 1.165) is 44.3 Å². The SMILES string of the molecule is CN(c1ccccc1C(F)(F)F)c1cccc2c1oc1c(C(C)(C)Cc3ccc(N(C)c4ccccc4OC(F)(F)F)c4oc5c(C(C)(C)C)cccc5c34)cccc12. The van der Waals surface area contributed by atoms with E-state index in [0.29, 0.717) is 40.1 Å². The number of nitrogens with zero attached hydrogens (tertiary/aromatic N) is 2. The molecule has 0 bridgehead atoms. The fourth-order valence-corrected chi connectivity index (χ4v) is 8.34. The van der Waals surface area contributed by atoms with Crippen molar-refractivity contribution in [2.45, 2.75) is 64.4 Å². The first-order valence-electron chi connectivity index (χ1n) is 19.2. The molecule has 2 aromatic heterocycles. The summed E-state index contributed by atoms with van der Waals surface area (Å²) in [6.45, 7) is 10.5. The molecular formula is C48H42F6N2O3. The number of benzene rings is 6. The Hall–Kier alpha value is -6.10. The Morgan fingerprint density at radius 2 is 1.00 bits per heavy atom. The van der Waals surface area contributed by atoms with E-state index in [1.807, 2.05) is 60.7 Å². The summed E-state index contributed by atoms with van der Waals surface area (Å²) in [5.41, 5.74) is 4.76. The predicted molar refractivity (Wildman–Crippen MR) is 224 cm³/mol. The van der Waals surface area contributed by atoms with Crippen LogP contribution in [-0.2, 0) is 23.4 Å². The summed E-state index contributed by atoms with van der Waals surface area (Å²) < 4.78 is 101. The standard InChI is InChI=1S/C48H42F6N2O3/c1-45(2,3)33-19-13-17-31-40-28(25-26-38(44(40)58-42(31)33)56(7)36-22-10-11-24-39(36)59-48(52,53)54)27-46(4,5)34-20-12-15-29-30-16-14-23-37(43(30)57-41(29)34)55(6)35-21-9-8-18-32(35)47(49,50)51/h8-26H,27H2,1-7H3. The smallest absolute Gasteiger partial charge is 0.454 e. The highest BCUT2D eigenvalue weighted by Gasteiger charge is 2.36. The zero-order valence-electron chi connectivity index (χ0n) is 33.6. The van der Waals surface area contributed by atoms with Crippen LogP contribution in [0.25, 0.3) is 43.9 Å². The minimum atomic E-state index is -4.89. The number of rotatable bonds is 8. The van der Waals surface area contributed by atoms with E-state index in [2.05, 4.69) is 39.4 Å². The van der Waals surface area contributed by atoms with Crippen LogP contribution in [0.1, 0.15) is 56.9 Å². The van der Waals surface area contributed by atoms with Crippen LogP contribution >= 0.6 is 0 Å². The second kappa shape index (κ2) is 14.0. The van der Waals surface area contributed by atoms with Crippen molar-refractivity contribution in [1.29, 1.82) is 0 Å². The van der Waals surface area contributed by atoms with Crippen LogP contribution < -0.4 is 14.5 Å². The molecule has 0 spiro atoms. The van der Waals surface area contributed by atoms with Crippen molar-refractivity contribution in [1.82, 2.24) is 0 Å². The van der Waals surface area contributed by atoms with Crippen LogP contribution in [0.5, 0.6) is 5.75 Å². The minimum Gasteiger partial charge on any atom is -0.454 e. The quantitative estimate of drug-likeness (QED) is 0.143. The lowest BCUT2D eigenvalue weighted by molar-refractivity contribution is -0.274. The summed E-state index contributed by atoms with van der Waals surface area (Å²) in [6, 6.07) is 32.7. The van der Waals surface area contributed by atoms with Gasteiger partial charge in [0.15, 0.2) is 16.9 Å². The Labute approximate surface area is 337 Å². The van der Waals surface area contributed by atoms with Crippen molar-refractivity contribution in [3.63, 3.8) is 0 Å². The molecule has 304 valence electrons. The van der Waals surface area contributed by atoms with Gasteiger partial charge >= 0.3 is 12.5 Å². The predicted octanol–water partition coefficient (Wildman–Crippen LogP) is 14.8. The molecule has 0 radical (unpaired) electrons. The molecule has 5 nitrogen and oxygen atoms in total. The third kappa shape index (κ3) is 7.10. The van der Waals surface area contributed by atoms with Gasteiger partial charge in [-0.25, -0.2) is 0 Å². The van der Waals surface area contributed by atoms with E-state index < -0.39 is 23.5 Å². The van der Waals surface area contributed by atoms with Crippen molar-refractivity contribution in [2.75, 3.05) is 23.9 Å². The van der Waals surface area contributed by atoms with Gasteiger partial charge in [-0.1, -0.05) is 113 Å². The van der Waals surface area contributed by atoms with Crippen molar-refractivity contribution >= 4 is 66.6 Å². The van der Waals surface area contributed by atoms with Crippen LogP contribution in [0, 0.1) is 0 Å². The first-order chi connectivity index (χ1) is 27.7. The number of anilines is 4.